The molecule has 0 saturated carbocycles. The van der Waals surface area contributed by atoms with Crippen molar-refractivity contribution in [1.29, 1.82) is 0 Å². The molecule has 20 heavy (non-hydrogen) atoms. The summed E-state index contributed by atoms with van der Waals surface area (Å²) in [6.45, 7) is 0. The third-order valence-corrected chi connectivity index (χ3v) is 3.83. The van der Waals surface area contributed by atoms with E-state index < -0.39 is 31.3 Å². The maximum absolute atomic E-state index is 9.63. The van der Waals surface area contributed by atoms with Crippen molar-refractivity contribution < 1.29 is 71.7 Å². The molecule has 0 rings (SSSR count). The van der Waals surface area contributed by atoms with Gasteiger partial charge in [0.05, 0.1) is 0 Å². The molecule has 0 aromatic carbocycles. The Hall–Kier alpha value is 3.66. The van der Waals surface area contributed by atoms with Crippen LogP contribution in [0.5, 0.6) is 0 Å². The van der Waals surface area contributed by atoms with E-state index in [1.54, 1.807) is 0 Å². The van der Waals surface area contributed by atoms with Gasteiger partial charge in [0.25, 0.3) is 0 Å². The third kappa shape index (κ3) is 37.7. The number of rotatable bonds is 4. The third-order valence-electron chi connectivity index (χ3n) is 0.425. The fraction of sp³-hybridized carbons (Fsp3) is 0. The summed E-state index contributed by atoms with van der Waals surface area (Å²) in [5.41, 5.74) is 0. The maximum atomic E-state index is 9.63. The summed E-state index contributed by atoms with van der Waals surface area (Å²) in [7, 11) is -20.2. The molecule has 0 aromatic heterocycles. The molecule has 0 heterocycles. The van der Waals surface area contributed by atoms with Crippen LogP contribution in [0, 0.1) is 0 Å². The Balaban J connectivity index is -0.0000000284. The molecule has 0 atom stereocenters. The van der Waals surface area contributed by atoms with Gasteiger partial charge in [-0.25, -0.2) is 18.3 Å². The smallest absolute Gasteiger partial charge is 1.00 e. The van der Waals surface area contributed by atoms with Gasteiger partial charge in [-0.1, -0.05) is 0 Å². The zero-order chi connectivity index (χ0) is 15.4. The second-order valence-electron chi connectivity index (χ2n) is 2.13. The van der Waals surface area contributed by atoms with Gasteiger partial charge in [0.1, 0.15) is 0 Å². The zero-order valence-electron chi connectivity index (χ0n) is 13.2. The average molecular weight is 635 g/mol. The molecule has 20 heteroatoms. The Kier molecular flexibility index (Phi) is 19.0. The van der Waals surface area contributed by atoms with Gasteiger partial charge in [0, 0.05) is 0 Å². The first-order chi connectivity index (χ1) is 7.41. The summed E-state index contributed by atoms with van der Waals surface area (Å²) in [6, 6.07) is 0. The van der Waals surface area contributed by atoms with Crippen LogP contribution in [0.1, 0.15) is 5.71 Å². The number of phosphoric acid groups is 4. The fourth-order valence-electron chi connectivity index (χ4n) is 0.277. The van der Waals surface area contributed by atoms with Gasteiger partial charge in [0.15, 0.2) is 0 Å². The first-order valence-electron chi connectivity index (χ1n) is 3.06. The van der Waals surface area contributed by atoms with E-state index >= 15 is 0 Å². The standard InChI is InChI=1S/2Ba.2H4O7P2.4H/c;;2*1-8(2,3)7-9(4,5)6;;;;/h;;2*(H2,1,2,3)(H2,4,5,6);;;;/q2*+2;;;4*-1. The van der Waals surface area contributed by atoms with Crippen molar-refractivity contribution in [3.63, 3.8) is 0 Å². The minimum atomic E-state index is -5.05. The van der Waals surface area contributed by atoms with Crippen LogP contribution in [0.15, 0.2) is 0 Å². The quantitative estimate of drug-likeness (QED) is 0.124. The predicted octanol–water partition coefficient (Wildman–Crippen LogP) is -1.93. The van der Waals surface area contributed by atoms with E-state index in [0.29, 0.717) is 0 Å². The summed E-state index contributed by atoms with van der Waals surface area (Å²) < 4.78 is 44.4. The van der Waals surface area contributed by atoms with E-state index in [4.69, 9.17) is 39.1 Å². The molecule has 0 amide bonds. The molecule has 14 nitrogen and oxygen atoms in total. The number of hydrogen-bond donors (Lipinski definition) is 8. The molecule has 0 spiro atoms. The van der Waals surface area contributed by atoms with E-state index in [0.717, 1.165) is 0 Å². The molecule has 0 aliphatic rings. The largest absolute Gasteiger partial charge is 2.00 e. The zero-order valence-corrected chi connectivity index (χ0v) is 21.7. The minimum Gasteiger partial charge on any atom is -1.00 e. The van der Waals surface area contributed by atoms with Crippen molar-refractivity contribution in [2.45, 2.75) is 0 Å². The molecule has 0 unspecified atom stereocenters. The van der Waals surface area contributed by atoms with Crippen LogP contribution in [0.2, 0.25) is 0 Å². The van der Waals surface area contributed by atoms with Crippen LogP contribution in [0.4, 0.5) is 0 Å². The average Bonchev–Trinajstić information content (AvgIpc) is 1.64. The predicted molar refractivity (Wildman–Crippen MR) is 66.3 cm³/mol. The van der Waals surface area contributed by atoms with E-state index in [1.165, 1.54) is 0 Å². The van der Waals surface area contributed by atoms with Gasteiger partial charge in [-0.2, -0.15) is 8.62 Å². The van der Waals surface area contributed by atoms with Crippen molar-refractivity contribution in [3.8, 4) is 0 Å². The second-order valence-corrected chi connectivity index (χ2v) is 7.36. The molecule has 0 bridgehead atoms. The molecule has 0 aromatic rings. The van der Waals surface area contributed by atoms with Crippen LogP contribution < -0.4 is 0 Å². The van der Waals surface area contributed by atoms with Gasteiger partial charge >= 0.3 is 129 Å². The van der Waals surface area contributed by atoms with E-state index in [-0.39, 0.29) is 103 Å². The summed E-state index contributed by atoms with van der Waals surface area (Å²) in [6.07, 6.45) is 0. The molecule has 0 radical (unpaired) electrons. The summed E-state index contributed by atoms with van der Waals surface area (Å²) in [4.78, 5) is 62.0. The van der Waals surface area contributed by atoms with Crippen LogP contribution in [0.3, 0.4) is 0 Å². The molecule has 0 saturated heterocycles. The Morgan fingerprint density at radius 3 is 0.600 bits per heavy atom. The van der Waals surface area contributed by atoms with Crippen molar-refractivity contribution >= 4 is 129 Å². The van der Waals surface area contributed by atoms with Crippen molar-refractivity contribution in [2.24, 2.45) is 0 Å². The van der Waals surface area contributed by atoms with Crippen molar-refractivity contribution in [3.05, 3.63) is 0 Å². The summed E-state index contributed by atoms with van der Waals surface area (Å²) >= 11 is 0. The van der Waals surface area contributed by atoms with E-state index in [9.17, 15) is 18.3 Å². The van der Waals surface area contributed by atoms with Gasteiger partial charge in [-0.3, -0.25) is 0 Å². The monoisotopic (exact) mass is 636 g/mol. The maximum Gasteiger partial charge on any atom is 2.00 e. The Morgan fingerprint density at radius 2 is 0.600 bits per heavy atom. The van der Waals surface area contributed by atoms with Gasteiger partial charge in [-0.15, -0.1) is 0 Å². The normalized spacial score (nSPS) is 12.4. The topological polar surface area (TPSA) is 249 Å². The Morgan fingerprint density at radius 1 is 0.500 bits per heavy atom. The molecule has 120 valence electrons. The van der Waals surface area contributed by atoms with Crippen LogP contribution in [-0.4, -0.2) is 137 Å². The molecule has 0 aliphatic carbocycles. The Bertz CT molecular complexity index is 362. The van der Waals surface area contributed by atoms with E-state index in [1.807, 2.05) is 0 Å². The van der Waals surface area contributed by atoms with Gasteiger partial charge < -0.3 is 44.9 Å². The number of hydrogen-bond acceptors (Lipinski definition) is 6. The van der Waals surface area contributed by atoms with Crippen molar-refractivity contribution in [1.82, 2.24) is 0 Å². The summed E-state index contributed by atoms with van der Waals surface area (Å²) in [5.74, 6) is 0. The SMILES string of the molecule is O=P(O)(O)OP(=O)(O)O.O=P(O)(O)OP(=O)(O)O.[Ba+2].[Ba+2].[H-].[H-].[H-].[H-]. The molecule has 0 fully saturated rings. The molecular formula is H12Ba2O14P4. The van der Waals surface area contributed by atoms with Crippen molar-refractivity contribution in [2.75, 3.05) is 0 Å². The molecule has 8 N–H and O–H groups in total. The van der Waals surface area contributed by atoms with Crippen LogP contribution in [-0.2, 0) is 26.9 Å². The fourth-order valence-corrected chi connectivity index (χ4v) is 2.49. The molecule has 0 aliphatic heterocycles. The Labute approximate surface area is 197 Å². The van der Waals surface area contributed by atoms with Crippen LogP contribution in [0.25, 0.3) is 0 Å². The summed E-state index contributed by atoms with van der Waals surface area (Å²) in [5, 5.41) is 0. The molecular weight excluding hydrogens is 623 g/mol. The second kappa shape index (κ2) is 12.1. The van der Waals surface area contributed by atoms with Gasteiger partial charge in [-0.05, 0) is 0 Å². The first-order valence-corrected chi connectivity index (χ1v) is 9.18. The minimum absolute atomic E-state index is 0. The van der Waals surface area contributed by atoms with Crippen LogP contribution >= 0.6 is 31.3 Å². The van der Waals surface area contributed by atoms with E-state index in [2.05, 4.69) is 8.62 Å². The van der Waals surface area contributed by atoms with Gasteiger partial charge in [0.2, 0.25) is 0 Å². The first kappa shape index (κ1) is 31.4.